The molecule has 0 saturated carbocycles. The standard InChI is InChI=1S/C38H58N2O2S.BrH/c1-7-8-9-10-11-12-13-14-15-16-17-18-24-42-37-26-34(22-23-36(37)38(4,5)6)29-40(32(3)41)35-21-19-20-33(25-35)28-39-27-31(2)43-30-39;/h19-23,25-27H,7-18,24,28-30H2,1-6H3;1H. The second-order valence-corrected chi connectivity index (χ2v) is 14.5. The maximum atomic E-state index is 12.8. The van der Waals surface area contributed by atoms with Crippen molar-refractivity contribution < 1.29 is 9.53 Å². The van der Waals surface area contributed by atoms with Gasteiger partial charge in [0.05, 0.1) is 19.0 Å². The number of thioether (sulfide) groups is 1. The van der Waals surface area contributed by atoms with E-state index in [1.54, 1.807) is 6.92 Å². The van der Waals surface area contributed by atoms with Crippen LogP contribution in [0.25, 0.3) is 0 Å². The Bertz CT molecular complexity index is 1160. The van der Waals surface area contributed by atoms with Crippen LogP contribution in [0.4, 0.5) is 5.69 Å². The summed E-state index contributed by atoms with van der Waals surface area (Å²) in [4.78, 5) is 18.4. The van der Waals surface area contributed by atoms with E-state index in [0.717, 1.165) is 42.4 Å². The lowest BCUT2D eigenvalue weighted by Gasteiger charge is -2.26. The van der Waals surface area contributed by atoms with Crippen LogP contribution in [0, 0.1) is 0 Å². The molecule has 0 N–H and O–H groups in total. The maximum Gasteiger partial charge on any atom is 0.224 e. The fraction of sp³-hybridized carbons (Fsp3) is 0.605. The molecule has 4 nitrogen and oxygen atoms in total. The Morgan fingerprint density at radius 2 is 1.52 bits per heavy atom. The Kier molecular flexibility index (Phi) is 17.6. The van der Waals surface area contributed by atoms with Crippen molar-refractivity contribution >= 4 is 40.3 Å². The number of rotatable bonds is 19. The van der Waals surface area contributed by atoms with Gasteiger partial charge in [0.2, 0.25) is 5.91 Å². The number of carbonyl (C=O) groups is 1. The lowest BCUT2D eigenvalue weighted by molar-refractivity contribution is -0.116. The first-order valence-electron chi connectivity index (χ1n) is 16.9. The third kappa shape index (κ3) is 13.6. The van der Waals surface area contributed by atoms with E-state index in [0.29, 0.717) is 6.54 Å². The average Bonchev–Trinajstić information content (AvgIpc) is 3.37. The van der Waals surface area contributed by atoms with Gasteiger partial charge in [0.1, 0.15) is 5.75 Å². The van der Waals surface area contributed by atoms with Crippen molar-refractivity contribution in [1.82, 2.24) is 4.90 Å². The molecule has 44 heavy (non-hydrogen) atoms. The zero-order chi connectivity index (χ0) is 31.1. The van der Waals surface area contributed by atoms with E-state index in [1.807, 2.05) is 22.7 Å². The highest BCUT2D eigenvalue weighted by molar-refractivity contribution is 8.93. The van der Waals surface area contributed by atoms with Gasteiger partial charge in [-0.2, -0.15) is 0 Å². The summed E-state index contributed by atoms with van der Waals surface area (Å²) in [7, 11) is 0. The van der Waals surface area contributed by atoms with E-state index in [9.17, 15) is 4.79 Å². The monoisotopic (exact) mass is 686 g/mol. The Labute approximate surface area is 284 Å². The molecule has 0 unspecified atom stereocenters. The van der Waals surface area contributed by atoms with E-state index in [4.69, 9.17) is 4.74 Å². The predicted molar refractivity (Wildman–Crippen MR) is 197 cm³/mol. The third-order valence-corrected chi connectivity index (χ3v) is 9.28. The smallest absolute Gasteiger partial charge is 0.224 e. The number of halogens is 1. The van der Waals surface area contributed by atoms with E-state index in [-0.39, 0.29) is 28.3 Å². The van der Waals surface area contributed by atoms with Crippen molar-refractivity contribution in [2.24, 2.45) is 0 Å². The molecule has 2 aromatic carbocycles. The first-order valence-corrected chi connectivity index (χ1v) is 17.8. The Balaban J connectivity index is 0.00000675. The number of hydrogen-bond acceptors (Lipinski definition) is 4. The summed E-state index contributed by atoms with van der Waals surface area (Å²) in [6.45, 7) is 14.9. The van der Waals surface area contributed by atoms with Gasteiger partial charge in [-0.1, -0.05) is 123 Å². The Hall–Kier alpha value is -1.92. The molecule has 0 aromatic heterocycles. The lowest BCUT2D eigenvalue weighted by Crippen LogP contribution is -2.28. The highest BCUT2D eigenvalue weighted by atomic mass is 79.9. The first kappa shape index (κ1) is 38.3. The molecule has 246 valence electrons. The topological polar surface area (TPSA) is 32.8 Å². The van der Waals surface area contributed by atoms with E-state index in [1.165, 1.54) is 86.7 Å². The minimum absolute atomic E-state index is 0. The predicted octanol–water partition coefficient (Wildman–Crippen LogP) is 11.6. The number of amides is 1. The molecular formula is C38H59BrN2O2S. The second kappa shape index (κ2) is 20.3. The van der Waals surface area contributed by atoms with E-state index < -0.39 is 0 Å². The minimum atomic E-state index is -0.0142. The van der Waals surface area contributed by atoms with Gasteiger partial charge >= 0.3 is 0 Å². The quantitative estimate of drug-likeness (QED) is 0.138. The molecular weight excluding hydrogens is 628 g/mol. The van der Waals surface area contributed by atoms with Crippen LogP contribution >= 0.6 is 28.7 Å². The summed E-state index contributed by atoms with van der Waals surface area (Å²) in [5.41, 5.74) is 4.45. The van der Waals surface area contributed by atoms with Gasteiger partial charge in [0.15, 0.2) is 0 Å². The summed E-state index contributed by atoms with van der Waals surface area (Å²) in [5.74, 6) is 1.98. The molecule has 2 aromatic rings. The number of benzene rings is 2. The molecule has 0 fully saturated rings. The van der Waals surface area contributed by atoms with Crippen molar-refractivity contribution in [2.45, 2.75) is 137 Å². The van der Waals surface area contributed by atoms with Crippen LogP contribution in [0.2, 0.25) is 0 Å². The summed E-state index contributed by atoms with van der Waals surface area (Å²) < 4.78 is 6.43. The van der Waals surface area contributed by atoms with Crippen LogP contribution in [0.1, 0.15) is 135 Å². The molecule has 0 spiro atoms. The van der Waals surface area contributed by atoms with Crippen molar-refractivity contribution in [1.29, 1.82) is 0 Å². The molecule has 0 aliphatic carbocycles. The number of hydrogen-bond donors (Lipinski definition) is 0. The van der Waals surface area contributed by atoms with Crippen molar-refractivity contribution in [3.05, 3.63) is 70.3 Å². The van der Waals surface area contributed by atoms with Crippen molar-refractivity contribution in [3.8, 4) is 5.75 Å². The van der Waals surface area contributed by atoms with Crippen LogP contribution in [0.15, 0.2) is 53.6 Å². The van der Waals surface area contributed by atoms with Crippen LogP contribution in [-0.4, -0.2) is 23.3 Å². The summed E-state index contributed by atoms with van der Waals surface area (Å²) in [6, 6.07) is 14.9. The zero-order valence-corrected chi connectivity index (χ0v) is 31.0. The number of carbonyl (C=O) groups excluding carboxylic acids is 1. The molecule has 0 radical (unpaired) electrons. The van der Waals surface area contributed by atoms with Crippen LogP contribution in [0.3, 0.4) is 0 Å². The maximum absolute atomic E-state index is 12.8. The van der Waals surface area contributed by atoms with Crippen LogP contribution in [0.5, 0.6) is 5.75 Å². The number of allylic oxidation sites excluding steroid dienone is 1. The fourth-order valence-electron chi connectivity index (χ4n) is 5.76. The van der Waals surface area contributed by atoms with E-state index >= 15 is 0 Å². The molecule has 0 atom stereocenters. The van der Waals surface area contributed by atoms with Gasteiger partial charge in [-0.15, -0.1) is 28.7 Å². The molecule has 1 heterocycles. The fourth-order valence-corrected chi connectivity index (χ4v) is 6.52. The van der Waals surface area contributed by atoms with E-state index in [2.05, 4.69) is 82.1 Å². The highest BCUT2D eigenvalue weighted by Crippen LogP contribution is 2.33. The molecule has 0 bridgehead atoms. The van der Waals surface area contributed by atoms with Crippen LogP contribution in [-0.2, 0) is 23.3 Å². The minimum Gasteiger partial charge on any atom is -0.493 e. The number of ether oxygens (including phenoxy) is 1. The van der Waals surface area contributed by atoms with Gasteiger partial charge in [0, 0.05) is 25.4 Å². The normalized spacial score (nSPS) is 13.0. The van der Waals surface area contributed by atoms with Gasteiger partial charge < -0.3 is 14.5 Å². The van der Waals surface area contributed by atoms with Crippen LogP contribution < -0.4 is 9.64 Å². The van der Waals surface area contributed by atoms with Gasteiger partial charge in [0.25, 0.3) is 0 Å². The molecule has 6 heteroatoms. The average molecular weight is 688 g/mol. The second-order valence-electron chi connectivity index (χ2n) is 13.4. The number of unbranched alkanes of at least 4 members (excludes halogenated alkanes) is 11. The largest absolute Gasteiger partial charge is 0.493 e. The van der Waals surface area contributed by atoms with Gasteiger partial charge in [-0.05, 0) is 58.6 Å². The van der Waals surface area contributed by atoms with Gasteiger partial charge in [-0.3, -0.25) is 4.79 Å². The Morgan fingerprint density at radius 3 is 2.09 bits per heavy atom. The number of nitrogens with zero attached hydrogens (tertiary/aromatic N) is 2. The summed E-state index contributed by atoms with van der Waals surface area (Å²) in [5, 5.41) is 0. The third-order valence-electron chi connectivity index (χ3n) is 8.26. The summed E-state index contributed by atoms with van der Waals surface area (Å²) in [6.07, 6.45) is 18.3. The molecule has 1 amide bonds. The molecule has 3 rings (SSSR count). The van der Waals surface area contributed by atoms with Gasteiger partial charge in [-0.25, -0.2) is 0 Å². The molecule has 1 aliphatic heterocycles. The van der Waals surface area contributed by atoms with Crippen molar-refractivity contribution in [2.75, 3.05) is 17.4 Å². The first-order chi connectivity index (χ1) is 20.7. The molecule has 0 saturated heterocycles. The van der Waals surface area contributed by atoms with Crippen molar-refractivity contribution in [3.63, 3.8) is 0 Å². The SMILES string of the molecule is Br.CCCCCCCCCCCCCCOc1cc(CN(C(C)=O)c2cccc(CN3C=C(C)SC3)c2)ccc1C(C)(C)C. The Morgan fingerprint density at radius 1 is 0.886 bits per heavy atom. The zero-order valence-electron chi connectivity index (χ0n) is 28.5. The summed E-state index contributed by atoms with van der Waals surface area (Å²) >= 11 is 1.87. The lowest BCUT2D eigenvalue weighted by atomic mass is 9.85. The highest BCUT2D eigenvalue weighted by Gasteiger charge is 2.21. The number of anilines is 1. The molecule has 1 aliphatic rings.